The number of carbonyl (C=O) groups is 1. The normalized spacial score (nSPS) is 10.0. The molecule has 84 valence electrons. The van der Waals surface area contributed by atoms with Crippen LogP contribution in [0.4, 0.5) is 4.79 Å². The Hall–Kier alpha value is -0.150. The topological polar surface area (TPSA) is 23.6 Å². The van der Waals surface area contributed by atoms with Gasteiger partial charge in [-0.3, -0.25) is 0 Å². The minimum Gasteiger partial charge on any atom is -0.246 e. The largest absolute Gasteiger partial charge is 0.349 e. The molecule has 0 unspecified atom stereocenters. The zero-order valence-electron chi connectivity index (χ0n) is 8.80. The Balaban J connectivity index is 3.78. The first-order chi connectivity index (χ1) is 6.63. The van der Waals surface area contributed by atoms with E-state index in [0.29, 0.717) is 13.1 Å². The van der Waals surface area contributed by atoms with Crippen LogP contribution in [0.1, 0.15) is 39.5 Å². The number of hydrogen-bond acceptors (Lipinski definition) is 1. The number of rotatable bonds is 6. The third kappa shape index (κ3) is 5.55. The first kappa shape index (κ1) is 13.8. The molecule has 0 spiro atoms. The SMILES string of the molecule is CCCCN(Cl)C(=O)N(Cl)CCCC. The van der Waals surface area contributed by atoms with Gasteiger partial charge in [-0.25, -0.2) is 13.6 Å². The van der Waals surface area contributed by atoms with E-state index in [1.807, 2.05) is 13.8 Å². The fraction of sp³-hybridized carbons (Fsp3) is 0.889. The third-order valence-corrected chi connectivity index (χ3v) is 2.46. The second kappa shape index (κ2) is 8.18. The Labute approximate surface area is 96.2 Å². The average Bonchev–Trinajstić information content (AvgIpc) is 2.21. The molecule has 0 atom stereocenters. The van der Waals surface area contributed by atoms with Gasteiger partial charge in [-0.1, -0.05) is 26.7 Å². The Bertz CT molecular complexity index is 151. The van der Waals surface area contributed by atoms with Crippen molar-refractivity contribution in [2.75, 3.05) is 13.1 Å². The summed E-state index contributed by atoms with van der Waals surface area (Å²) < 4.78 is 2.29. The van der Waals surface area contributed by atoms with Crippen LogP contribution in [0.25, 0.3) is 0 Å². The highest BCUT2D eigenvalue weighted by atomic mass is 35.5. The van der Waals surface area contributed by atoms with Gasteiger partial charge < -0.3 is 0 Å². The average molecular weight is 241 g/mol. The maximum absolute atomic E-state index is 11.4. The first-order valence-corrected chi connectivity index (χ1v) is 5.71. The number of nitrogens with zero attached hydrogens (tertiary/aromatic N) is 2. The van der Waals surface area contributed by atoms with Crippen molar-refractivity contribution in [1.82, 2.24) is 8.84 Å². The van der Waals surface area contributed by atoms with Gasteiger partial charge in [-0.2, -0.15) is 0 Å². The van der Waals surface area contributed by atoms with Gasteiger partial charge in [-0.05, 0) is 12.8 Å². The van der Waals surface area contributed by atoms with Crippen molar-refractivity contribution in [2.24, 2.45) is 0 Å². The highest BCUT2D eigenvalue weighted by molar-refractivity contribution is 6.27. The predicted octanol–water partition coefficient (Wildman–Crippen LogP) is 3.62. The van der Waals surface area contributed by atoms with E-state index in [1.165, 1.54) is 0 Å². The van der Waals surface area contributed by atoms with Crippen molar-refractivity contribution >= 4 is 29.6 Å². The summed E-state index contributed by atoms with van der Waals surface area (Å²) in [5, 5.41) is 0. The quantitative estimate of drug-likeness (QED) is 0.651. The summed E-state index contributed by atoms with van der Waals surface area (Å²) in [6.07, 6.45) is 3.81. The van der Waals surface area contributed by atoms with Crippen LogP contribution in [0.5, 0.6) is 0 Å². The van der Waals surface area contributed by atoms with Gasteiger partial charge in [0.05, 0.1) is 0 Å². The minimum absolute atomic E-state index is 0.324. The molecular weight excluding hydrogens is 223 g/mol. The molecule has 0 aromatic heterocycles. The number of urea groups is 1. The van der Waals surface area contributed by atoms with Crippen molar-refractivity contribution < 1.29 is 4.79 Å². The van der Waals surface area contributed by atoms with E-state index in [9.17, 15) is 4.79 Å². The summed E-state index contributed by atoms with van der Waals surface area (Å²) in [6.45, 7) is 5.19. The van der Waals surface area contributed by atoms with Crippen molar-refractivity contribution in [2.45, 2.75) is 39.5 Å². The van der Waals surface area contributed by atoms with Crippen molar-refractivity contribution in [1.29, 1.82) is 0 Å². The smallest absolute Gasteiger partial charge is 0.246 e. The molecule has 2 amide bonds. The lowest BCUT2D eigenvalue weighted by Gasteiger charge is -2.19. The van der Waals surface area contributed by atoms with E-state index in [4.69, 9.17) is 23.6 Å². The van der Waals surface area contributed by atoms with E-state index < -0.39 is 0 Å². The van der Waals surface area contributed by atoms with Crippen LogP contribution in [0.2, 0.25) is 0 Å². The van der Waals surface area contributed by atoms with Gasteiger partial charge in [-0.15, -0.1) is 0 Å². The zero-order valence-corrected chi connectivity index (χ0v) is 10.3. The van der Waals surface area contributed by atoms with E-state index in [0.717, 1.165) is 34.5 Å². The summed E-state index contributed by atoms with van der Waals surface area (Å²) in [6, 6.07) is -0.324. The Morgan fingerprint density at radius 1 is 1.00 bits per heavy atom. The third-order valence-electron chi connectivity index (χ3n) is 1.83. The molecule has 0 fully saturated rings. The number of unbranched alkanes of at least 4 members (excludes halogenated alkanes) is 2. The van der Waals surface area contributed by atoms with Crippen LogP contribution >= 0.6 is 23.6 Å². The molecule has 0 aromatic rings. The lowest BCUT2D eigenvalue weighted by molar-refractivity contribution is 0.205. The summed E-state index contributed by atoms with van der Waals surface area (Å²) in [4.78, 5) is 11.4. The zero-order chi connectivity index (χ0) is 11.0. The second-order valence-corrected chi connectivity index (χ2v) is 3.98. The summed E-state index contributed by atoms with van der Waals surface area (Å²) in [7, 11) is 0. The number of hydrogen-bond donors (Lipinski definition) is 0. The summed E-state index contributed by atoms with van der Waals surface area (Å²) in [5.41, 5.74) is 0. The molecule has 0 aromatic carbocycles. The van der Waals surface area contributed by atoms with Crippen molar-refractivity contribution in [3.63, 3.8) is 0 Å². The molecule has 0 aliphatic heterocycles. The molecule has 0 radical (unpaired) electrons. The van der Waals surface area contributed by atoms with Gasteiger partial charge in [0.25, 0.3) is 0 Å². The van der Waals surface area contributed by atoms with E-state index in [2.05, 4.69) is 0 Å². The summed E-state index contributed by atoms with van der Waals surface area (Å²) in [5.74, 6) is 0. The van der Waals surface area contributed by atoms with Gasteiger partial charge in [0.1, 0.15) is 0 Å². The monoisotopic (exact) mass is 240 g/mol. The van der Waals surface area contributed by atoms with Gasteiger partial charge >= 0.3 is 6.03 Å². The maximum Gasteiger partial charge on any atom is 0.349 e. The molecule has 0 aliphatic carbocycles. The van der Waals surface area contributed by atoms with Gasteiger partial charge in [0.15, 0.2) is 0 Å². The minimum atomic E-state index is -0.324. The van der Waals surface area contributed by atoms with Gasteiger partial charge in [0, 0.05) is 36.6 Å². The molecule has 0 saturated carbocycles. The van der Waals surface area contributed by atoms with Crippen LogP contribution in [0.15, 0.2) is 0 Å². The number of amides is 2. The number of carbonyl (C=O) groups excluding carboxylic acids is 1. The molecule has 0 N–H and O–H groups in total. The predicted molar refractivity (Wildman–Crippen MR) is 60.3 cm³/mol. The highest BCUT2D eigenvalue weighted by Gasteiger charge is 2.16. The molecule has 0 heterocycles. The highest BCUT2D eigenvalue weighted by Crippen LogP contribution is 2.08. The maximum atomic E-state index is 11.4. The molecule has 0 aliphatic rings. The van der Waals surface area contributed by atoms with Crippen LogP contribution in [-0.4, -0.2) is 28.0 Å². The first-order valence-electron chi connectivity index (χ1n) is 5.04. The van der Waals surface area contributed by atoms with Crippen LogP contribution in [0.3, 0.4) is 0 Å². The molecule has 0 bridgehead atoms. The van der Waals surface area contributed by atoms with E-state index >= 15 is 0 Å². The Morgan fingerprint density at radius 2 is 1.36 bits per heavy atom. The Morgan fingerprint density at radius 3 is 1.64 bits per heavy atom. The van der Waals surface area contributed by atoms with E-state index in [-0.39, 0.29) is 6.03 Å². The van der Waals surface area contributed by atoms with Crippen LogP contribution in [0, 0.1) is 0 Å². The fourth-order valence-electron chi connectivity index (χ4n) is 0.903. The van der Waals surface area contributed by atoms with Crippen molar-refractivity contribution in [3.8, 4) is 0 Å². The lowest BCUT2D eigenvalue weighted by Crippen LogP contribution is -2.33. The van der Waals surface area contributed by atoms with E-state index in [1.54, 1.807) is 0 Å². The molecule has 0 rings (SSSR count). The second-order valence-electron chi connectivity index (χ2n) is 3.16. The van der Waals surface area contributed by atoms with Crippen LogP contribution < -0.4 is 0 Å². The van der Waals surface area contributed by atoms with Crippen LogP contribution in [-0.2, 0) is 0 Å². The molecule has 5 heteroatoms. The molecular formula is C9H18Cl2N2O. The summed E-state index contributed by atoms with van der Waals surface area (Å²) >= 11 is 11.5. The molecule has 0 saturated heterocycles. The number of halogens is 2. The standard InChI is InChI=1S/C9H18Cl2N2O/c1-3-5-7-12(10)9(14)13(11)8-6-4-2/h3-8H2,1-2H3. The Kier molecular flexibility index (Phi) is 8.09. The molecule has 14 heavy (non-hydrogen) atoms. The fourth-order valence-corrected chi connectivity index (χ4v) is 1.36. The lowest BCUT2D eigenvalue weighted by atomic mass is 10.3. The van der Waals surface area contributed by atoms with Crippen molar-refractivity contribution in [3.05, 3.63) is 0 Å². The van der Waals surface area contributed by atoms with Gasteiger partial charge in [0.2, 0.25) is 0 Å². The molecule has 3 nitrogen and oxygen atoms in total.